The van der Waals surface area contributed by atoms with Crippen LogP contribution in [0.4, 0.5) is 4.79 Å². The summed E-state index contributed by atoms with van der Waals surface area (Å²) >= 11 is 1.29. The van der Waals surface area contributed by atoms with Crippen molar-refractivity contribution >= 4 is 28.5 Å². The van der Waals surface area contributed by atoms with Crippen LogP contribution in [0.1, 0.15) is 0 Å². The Morgan fingerprint density at radius 3 is 3.00 bits per heavy atom. The minimum absolute atomic E-state index is 0.602. The van der Waals surface area contributed by atoms with Crippen LogP contribution in [-0.2, 0) is 0 Å². The Balaban J connectivity index is 2.29. The normalized spacial score (nSPS) is 10.8. The fraction of sp³-hybridized carbons (Fsp3) is 0. The van der Waals surface area contributed by atoms with Gasteiger partial charge in [-0.3, -0.25) is 0 Å². The van der Waals surface area contributed by atoms with Crippen molar-refractivity contribution < 1.29 is 4.79 Å². The van der Waals surface area contributed by atoms with E-state index in [-0.39, 0.29) is 0 Å². The average molecular weight is 245 g/mol. The van der Waals surface area contributed by atoms with Gasteiger partial charge in [-0.15, -0.1) is 5.10 Å². The molecule has 0 spiro atoms. The molecule has 0 saturated heterocycles. The Morgan fingerprint density at radius 1 is 1.41 bits per heavy atom. The molecular formula is C10H7N5OS. The molecule has 0 atom stereocenters. The minimum atomic E-state index is -0.602. The van der Waals surface area contributed by atoms with E-state index in [2.05, 4.69) is 14.7 Å². The van der Waals surface area contributed by atoms with Gasteiger partial charge in [-0.2, -0.15) is 9.78 Å². The van der Waals surface area contributed by atoms with Gasteiger partial charge in [-0.1, -0.05) is 16.6 Å². The number of primary amides is 1. The molecule has 17 heavy (non-hydrogen) atoms. The third-order valence-electron chi connectivity index (χ3n) is 2.40. The van der Waals surface area contributed by atoms with Crippen molar-refractivity contribution in [3.05, 3.63) is 30.6 Å². The van der Waals surface area contributed by atoms with Gasteiger partial charge in [-0.25, -0.2) is 4.79 Å². The first-order valence-electron chi connectivity index (χ1n) is 4.81. The summed E-state index contributed by atoms with van der Waals surface area (Å²) in [4.78, 5) is 12.0. The highest BCUT2D eigenvalue weighted by Gasteiger charge is 2.10. The predicted molar refractivity (Wildman–Crippen MR) is 63.6 cm³/mol. The van der Waals surface area contributed by atoms with Gasteiger partial charge >= 0.3 is 6.03 Å². The number of nitrogens with two attached hydrogens (primary N) is 1. The first kappa shape index (κ1) is 9.91. The number of carbonyl (C=O) groups excluding carboxylic acids is 1. The topological polar surface area (TPSA) is 86.7 Å². The lowest BCUT2D eigenvalue weighted by Crippen LogP contribution is -2.19. The number of carbonyl (C=O) groups is 1. The van der Waals surface area contributed by atoms with Gasteiger partial charge < -0.3 is 5.73 Å². The summed E-state index contributed by atoms with van der Waals surface area (Å²) in [5, 5.41) is 8.74. The molecule has 3 rings (SSSR count). The zero-order valence-electron chi connectivity index (χ0n) is 8.57. The molecule has 1 aromatic carbocycles. The van der Waals surface area contributed by atoms with Gasteiger partial charge in [0.1, 0.15) is 0 Å². The maximum atomic E-state index is 11.1. The number of fused-ring (bicyclic) bond motifs is 1. The summed E-state index contributed by atoms with van der Waals surface area (Å²) in [5.41, 5.74) is 6.85. The van der Waals surface area contributed by atoms with E-state index in [1.807, 2.05) is 18.2 Å². The maximum Gasteiger partial charge on any atom is 0.339 e. The second-order valence-electron chi connectivity index (χ2n) is 3.43. The molecule has 6 nitrogen and oxygen atoms in total. The molecule has 2 heterocycles. The summed E-state index contributed by atoms with van der Waals surface area (Å²) in [7, 11) is 0. The van der Waals surface area contributed by atoms with E-state index in [4.69, 9.17) is 5.73 Å². The van der Waals surface area contributed by atoms with Crippen LogP contribution in [0.2, 0.25) is 0 Å². The highest BCUT2D eigenvalue weighted by atomic mass is 32.1. The third-order valence-corrected chi connectivity index (χ3v) is 3.10. The number of amides is 1. The highest BCUT2D eigenvalue weighted by Crippen LogP contribution is 2.29. The molecular weight excluding hydrogens is 238 g/mol. The molecule has 2 N–H and O–H groups in total. The average Bonchev–Trinajstić information content (AvgIpc) is 2.97. The van der Waals surface area contributed by atoms with Crippen molar-refractivity contribution in [2.45, 2.75) is 0 Å². The first-order chi connectivity index (χ1) is 8.25. The van der Waals surface area contributed by atoms with Crippen LogP contribution in [0.25, 0.3) is 21.3 Å². The fourth-order valence-electron chi connectivity index (χ4n) is 1.66. The van der Waals surface area contributed by atoms with Crippen molar-refractivity contribution in [3.8, 4) is 10.4 Å². The fourth-order valence-corrected chi connectivity index (χ4v) is 2.21. The molecule has 0 aliphatic carbocycles. The van der Waals surface area contributed by atoms with Crippen LogP contribution >= 0.6 is 11.5 Å². The van der Waals surface area contributed by atoms with Crippen LogP contribution in [0.15, 0.2) is 30.6 Å². The SMILES string of the molecule is NC(=O)n1cc2c(-c3cnns3)cccc2n1. The molecule has 0 unspecified atom stereocenters. The van der Waals surface area contributed by atoms with Crippen LogP contribution in [0, 0.1) is 0 Å². The maximum absolute atomic E-state index is 11.1. The summed E-state index contributed by atoms with van der Waals surface area (Å²) < 4.78 is 4.95. The van der Waals surface area contributed by atoms with E-state index in [0.717, 1.165) is 26.0 Å². The molecule has 3 aromatic rings. The van der Waals surface area contributed by atoms with Gasteiger partial charge in [0.2, 0.25) is 0 Å². The van der Waals surface area contributed by atoms with Crippen LogP contribution in [-0.4, -0.2) is 25.4 Å². The molecule has 0 fully saturated rings. The molecule has 0 aliphatic rings. The van der Waals surface area contributed by atoms with Crippen molar-refractivity contribution in [2.24, 2.45) is 5.73 Å². The zero-order valence-corrected chi connectivity index (χ0v) is 9.39. The number of benzene rings is 1. The molecule has 7 heteroatoms. The number of hydrogen-bond acceptors (Lipinski definition) is 5. The smallest absolute Gasteiger partial charge is 0.339 e. The first-order valence-corrected chi connectivity index (χ1v) is 5.59. The number of aromatic nitrogens is 4. The van der Waals surface area contributed by atoms with Gasteiger partial charge in [0.15, 0.2) is 0 Å². The summed E-state index contributed by atoms with van der Waals surface area (Å²) in [6.07, 6.45) is 3.30. The van der Waals surface area contributed by atoms with E-state index in [1.165, 1.54) is 11.5 Å². The van der Waals surface area contributed by atoms with Crippen molar-refractivity contribution in [1.82, 2.24) is 19.4 Å². The lowest BCUT2D eigenvalue weighted by molar-refractivity contribution is 0.248. The van der Waals surface area contributed by atoms with E-state index >= 15 is 0 Å². The summed E-state index contributed by atoms with van der Waals surface area (Å²) in [6.45, 7) is 0. The van der Waals surface area contributed by atoms with Gasteiger partial charge in [0, 0.05) is 17.1 Å². The molecule has 0 radical (unpaired) electrons. The van der Waals surface area contributed by atoms with Gasteiger partial charge in [-0.05, 0) is 17.6 Å². The molecule has 2 aromatic heterocycles. The Bertz CT molecular complexity index is 688. The lowest BCUT2D eigenvalue weighted by atomic mass is 10.1. The molecule has 84 valence electrons. The van der Waals surface area contributed by atoms with Crippen molar-refractivity contribution in [2.75, 3.05) is 0 Å². The summed E-state index contributed by atoms with van der Waals surface area (Å²) in [5.74, 6) is 0. The molecule has 0 bridgehead atoms. The van der Waals surface area contributed by atoms with Crippen LogP contribution in [0.3, 0.4) is 0 Å². The van der Waals surface area contributed by atoms with Gasteiger partial charge in [0.25, 0.3) is 0 Å². The largest absolute Gasteiger partial charge is 0.350 e. The van der Waals surface area contributed by atoms with Crippen LogP contribution in [0.5, 0.6) is 0 Å². The second kappa shape index (κ2) is 3.63. The Kier molecular flexibility index (Phi) is 2.12. The number of nitrogens with zero attached hydrogens (tertiary/aromatic N) is 4. The molecule has 1 amide bonds. The Hall–Kier alpha value is -2.28. The quantitative estimate of drug-likeness (QED) is 0.703. The Morgan fingerprint density at radius 2 is 2.29 bits per heavy atom. The number of hydrogen-bond donors (Lipinski definition) is 1. The third kappa shape index (κ3) is 1.56. The second-order valence-corrected chi connectivity index (χ2v) is 4.22. The van der Waals surface area contributed by atoms with Gasteiger partial charge in [0.05, 0.1) is 16.6 Å². The monoisotopic (exact) mass is 245 g/mol. The van der Waals surface area contributed by atoms with E-state index < -0.39 is 6.03 Å². The number of rotatable bonds is 1. The summed E-state index contributed by atoms with van der Waals surface area (Å²) in [6, 6.07) is 5.03. The van der Waals surface area contributed by atoms with Crippen molar-refractivity contribution in [1.29, 1.82) is 0 Å². The zero-order chi connectivity index (χ0) is 11.8. The minimum Gasteiger partial charge on any atom is -0.350 e. The highest BCUT2D eigenvalue weighted by molar-refractivity contribution is 7.09. The standard InChI is InChI=1S/C10H7N5OS/c11-10(16)15-5-7-6(9-4-12-14-17-9)2-1-3-8(7)13-15/h1-5H,(H2,11,16). The lowest BCUT2D eigenvalue weighted by Gasteiger charge is -1.95. The van der Waals surface area contributed by atoms with Crippen molar-refractivity contribution in [3.63, 3.8) is 0 Å². The van der Waals surface area contributed by atoms with Crippen LogP contribution < -0.4 is 5.73 Å². The van der Waals surface area contributed by atoms with E-state index in [9.17, 15) is 4.79 Å². The molecule has 0 saturated carbocycles. The predicted octanol–water partition coefficient (Wildman–Crippen LogP) is 1.48. The molecule has 0 aliphatic heterocycles. The Labute approximate surface area is 99.8 Å². The van der Waals surface area contributed by atoms with E-state index in [1.54, 1.807) is 12.4 Å². The van der Waals surface area contributed by atoms with E-state index in [0.29, 0.717) is 0 Å².